The van der Waals surface area contributed by atoms with E-state index in [2.05, 4.69) is 38.2 Å². The number of unbranched alkanes of at least 4 members (excludes halogenated alkanes) is 3. The summed E-state index contributed by atoms with van der Waals surface area (Å²) < 4.78 is 0. The third-order valence-electron chi connectivity index (χ3n) is 4.33. The second-order valence-corrected chi connectivity index (χ2v) is 6.26. The van der Waals surface area contributed by atoms with Crippen LogP contribution in [0.1, 0.15) is 56.6 Å². The zero-order valence-corrected chi connectivity index (χ0v) is 13.0. The van der Waals surface area contributed by atoms with Crippen molar-refractivity contribution in [2.75, 3.05) is 5.32 Å². The summed E-state index contributed by atoms with van der Waals surface area (Å²) in [4.78, 5) is 12.2. The lowest BCUT2D eigenvalue weighted by Gasteiger charge is -2.09. The second kappa shape index (κ2) is 6.92. The van der Waals surface area contributed by atoms with Crippen LogP contribution in [0.4, 0.5) is 5.69 Å². The van der Waals surface area contributed by atoms with Crippen LogP contribution in [0.3, 0.4) is 0 Å². The highest BCUT2D eigenvalue weighted by Crippen LogP contribution is 2.43. The number of carbonyl (C=O) groups excluding carboxylic acids is 1. The zero-order valence-electron chi connectivity index (χ0n) is 13.0. The molecule has 0 spiro atoms. The largest absolute Gasteiger partial charge is 0.326 e. The molecule has 20 heavy (non-hydrogen) atoms. The first-order valence-corrected chi connectivity index (χ1v) is 8.00. The van der Waals surface area contributed by atoms with Crippen molar-refractivity contribution < 1.29 is 4.79 Å². The van der Waals surface area contributed by atoms with E-state index in [-0.39, 0.29) is 11.8 Å². The molecule has 0 aliphatic heterocycles. The van der Waals surface area contributed by atoms with Gasteiger partial charge in [0.1, 0.15) is 0 Å². The molecule has 2 atom stereocenters. The fourth-order valence-corrected chi connectivity index (χ4v) is 2.90. The maximum absolute atomic E-state index is 12.2. The summed E-state index contributed by atoms with van der Waals surface area (Å²) in [6.45, 7) is 6.36. The Balaban J connectivity index is 1.76. The zero-order chi connectivity index (χ0) is 14.5. The van der Waals surface area contributed by atoms with Crippen molar-refractivity contribution in [2.24, 2.45) is 11.8 Å². The van der Waals surface area contributed by atoms with Gasteiger partial charge in [0.25, 0.3) is 0 Å². The van der Waals surface area contributed by atoms with Gasteiger partial charge in [-0.25, -0.2) is 0 Å². The lowest BCUT2D eigenvalue weighted by Crippen LogP contribution is -2.15. The number of carbonyl (C=O) groups is 1. The average Bonchev–Trinajstić information content (AvgIpc) is 3.18. The fourth-order valence-electron chi connectivity index (χ4n) is 2.90. The van der Waals surface area contributed by atoms with E-state index in [1.807, 2.05) is 6.07 Å². The number of rotatable bonds is 7. The fraction of sp³-hybridized carbons (Fsp3) is 0.611. The molecule has 1 aliphatic carbocycles. The molecule has 0 aromatic heterocycles. The van der Waals surface area contributed by atoms with Gasteiger partial charge in [-0.05, 0) is 44.2 Å². The topological polar surface area (TPSA) is 29.1 Å². The lowest BCUT2D eigenvalue weighted by atomic mass is 10.1. The molecule has 0 unspecified atom stereocenters. The first-order valence-electron chi connectivity index (χ1n) is 8.00. The molecule has 0 saturated heterocycles. The van der Waals surface area contributed by atoms with Crippen molar-refractivity contribution in [1.82, 2.24) is 0 Å². The molecule has 0 heterocycles. The number of aryl methyl sites for hydroxylation is 2. The van der Waals surface area contributed by atoms with Crippen LogP contribution < -0.4 is 5.32 Å². The first-order chi connectivity index (χ1) is 9.61. The minimum atomic E-state index is 0.220. The molecule has 1 N–H and O–H groups in total. The summed E-state index contributed by atoms with van der Waals surface area (Å²) in [5.74, 6) is 1.12. The molecule has 0 bridgehead atoms. The van der Waals surface area contributed by atoms with Crippen molar-refractivity contribution in [2.45, 2.75) is 59.3 Å². The maximum Gasteiger partial charge on any atom is 0.227 e. The predicted octanol–water partition coefficient (Wildman–Crippen LogP) is 4.85. The molecule has 2 heteroatoms. The quantitative estimate of drug-likeness (QED) is 0.707. The molecule has 1 aliphatic rings. The highest BCUT2D eigenvalue weighted by Gasteiger charge is 2.42. The molecule has 1 fully saturated rings. The molecule has 1 saturated carbocycles. The third-order valence-corrected chi connectivity index (χ3v) is 4.33. The summed E-state index contributed by atoms with van der Waals surface area (Å²) in [5, 5.41) is 3.09. The molecule has 1 amide bonds. The van der Waals surface area contributed by atoms with Crippen LogP contribution in [0.5, 0.6) is 0 Å². The van der Waals surface area contributed by atoms with E-state index >= 15 is 0 Å². The van der Waals surface area contributed by atoms with E-state index in [0.717, 1.165) is 17.7 Å². The lowest BCUT2D eigenvalue weighted by molar-refractivity contribution is -0.117. The van der Waals surface area contributed by atoms with E-state index in [1.165, 1.54) is 37.7 Å². The first kappa shape index (κ1) is 15.1. The number of anilines is 1. The maximum atomic E-state index is 12.2. The Morgan fingerprint density at radius 3 is 2.75 bits per heavy atom. The van der Waals surface area contributed by atoms with Gasteiger partial charge in [0.15, 0.2) is 0 Å². The Hall–Kier alpha value is -1.31. The number of hydrogen-bond donors (Lipinski definition) is 1. The van der Waals surface area contributed by atoms with Crippen LogP contribution >= 0.6 is 0 Å². The predicted molar refractivity (Wildman–Crippen MR) is 84.9 cm³/mol. The van der Waals surface area contributed by atoms with Crippen molar-refractivity contribution in [1.29, 1.82) is 0 Å². The molecule has 1 aromatic carbocycles. The molecule has 0 radical (unpaired) electrons. The van der Waals surface area contributed by atoms with Crippen LogP contribution in [0, 0.1) is 25.7 Å². The number of benzene rings is 1. The number of hydrogen-bond acceptors (Lipinski definition) is 1. The van der Waals surface area contributed by atoms with Gasteiger partial charge >= 0.3 is 0 Å². The number of nitrogens with one attached hydrogen (secondary N) is 1. The van der Waals surface area contributed by atoms with E-state index in [9.17, 15) is 4.79 Å². The Bertz CT molecular complexity index is 466. The summed E-state index contributed by atoms with van der Waals surface area (Å²) in [5.41, 5.74) is 3.36. The van der Waals surface area contributed by atoms with E-state index in [0.29, 0.717) is 5.92 Å². The minimum absolute atomic E-state index is 0.220. The van der Waals surface area contributed by atoms with Gasteiger partial charge in [-0.2, -0.15) is 0 Å². The highest BCUT2D eigenvalue weighted by atomic mass is 16.2. The molecule has 1 aromatic rings. The van der Waals surface area contributed by atoms with Gasteiger partial charge in [0.2, 0.25) is 5.91 Å². The molecule has 110 valence electrons. The molecular weight excluding hydrogens is 246 g/mol. The number of amides is 1. The summed E-state index contributed by atoms with van der Waals surface area (Å²) in [6.07, 6.45) is 7.52. The summed E-state index contributed by atoms with van der Waals surface area (Å²) in [6, 6.07) is 6.18. The normalized spacial score (nSPS) is 20.8. The van der Waals surface area contributed by atoms with Gasteiger partial charge in [0.05, 0.1) is 0 Å². The molecule has 2 nitrogen and oxygen atoms in total. The Kier molecular flexibility index (Phi) is 5.22. The second-order valence-electron chi connectivity index (χ2n) is 6.26. The Labute approximate surface area is 123 Å². The van der Waals surface area contributed by atoms with Crippen LogP contribution in [-0.4, -0.2) is 5.91 Å². The monoisotopic (exact) mass is 273 g/mol. The van der Waals surface area contributed by atoms with Gasteiger partial charge in [-0.15, -0.1) is 0 Å². The van der Waals surface area contributed by atoms with Gasteiger partial charge < -0.3 is 5.32 Å². The summed E-state index contributed by atoms with van der Waals surface area (Å²) >= 11 is 0. The summed E-state index contributed by atoms with van der Waals surface area (Å²) in [7, 11) is 0. The highest BCUT2D eigenvalue weighted by molar-refractivity contribution is 5.95. The van der Waals surface area contributed by atoms with Crippen molar-refractivity contribution in [3.05, 3.63) is 29.3 Å². The van der Waals surface area contributed by atoms with Crippen LogP contribution in [0.25, 0.3) is 0 Å². The van der Waals surface area contributed by atoms with Crippen LogP contribution in [0.15, 0.2) is 18.2 Å². The van der Waals surface area contributed by atoms with Crippen molar-refractivity contribution in [3.63, 3.8) is 0 Å². The van der Waals surface area contributed by atoms with E-state index < -0.39 is 0 Å². The smallest absolute Gasteiger partial charge is 0.227 e. The third kappa shape index (κ3) is 4.09. The van der Waals surface area contributed by atoms with Crippen LogP contribution in [0.2, 0.25) is 0 Å². The van der Waals surface area contributed by atoms with Gasteiger partial charge in [0, 0.05) is 11.6 Å². The van der Waals surface area contributed by atoms with Crippen molar-refractivity contribution in [3.8, 4) is 0 Å². The van der Waals surface area contributed by atoms with Crippen molar-refractivity contribution >= 4 is 11.6 Å². The van der Waals surface area contributed by atoms with Gasteiger partial charge in [-0.1, -0.05) is 50.3 Å². The average molecular weight is 273 g/mol. The van der Waals surface area contributed by atoms with Gasteiger partial charge in [-0.3, -0.25) is 4.79 Å². The van der Waals surface area contributed by atoms with E-state index in [4.69, 9.17) is 0 Å². The Morgan fingerprint density at radius 2 is 2.05 bits per heavy atom. The molecule has 2 rings (SSSR count). The van der Waals surface area contributed by atoms with Crippen LogP contribution in [-0.2, 0) is 4.79 Å². The molecular formula is C18H27NO. The van der Waals surface area contributed by atoms with E-state index in [1.54, 1.807) is 0 Å². The minimum Gasteiger partial charge on any atom is -0.326 e. The standard InChI is InChI=1S/C18H27NO/c1-4-5-6-7-8-15-12-16(15)18(20)19-17-10-9-13(2)11-14(17)3/h9-11,15-16H,4-8,12H2,1-3H3,(H,19,20)/t15-,16-/m0/s1. The Morgan fingerprint density at radius 1 is 1.25 bits per heavy atom. The SMILES string of the molecule is CCCCCC[C@H]1C[C@@H]1C(=O)Nc1ccc(C)cc1C.